The maximum absolute atomic E-state index is 6.13. The van der Waals surface area contributed by atoms with Crippen molar-refractivity contribution in [3.8, 4) is 11.5 Å². The number of halogens is 3. The van der Waals surface area contributed by atoms with Gasteiger partial charge in [-0.25, -0.2) is 0 Å². The van der Waals surface area contributed by atoms with Crippen LogP contribution in [0.5, 0.6) is 11.5 Å². The van der Waals surface area contributed by atoms with Gasteiger partial charge in [0.05, 0.1) is 12.5 Å². The molecule has 0 bridgehead atoms. The standard InChI is InChI=1S/C16H13BrCl2O2/c17-12-6-10-4-5-20-16(10)11(7-12)9-21-15-3-1-2-14(19)13(15)8-18/h1-3,6-7H,4-5,8-9H2. The van der Waals surface area contributed by atoms with Crippen molar-refractivity contribution in [1.29, 1.82) is 0 Å². The first-order chi connectivity index (χ1) is 10.2. The molecule has 0 saturated carbocycles. The van der Waals surface area contributed by atoms with E-state index < -0.39 is 0 Å². The first-order valence-electron chi connectivity index (χ1n) is 6.59. The lowest BCUT2D eigenvalue weighted by Crippen LogP contribution is -2.01. The Hall–Kier alpha value is -0.900. The van der Waals surface area contributed by atoms with Gasteiger partial charge in [0.2, 0.25) is 0 Å². The lowest BCUT2D eigenvalue weighted by atomic mass is 10.1. The molecule has 1 aliphatic rings. The first-order valence-corrected chi connectivity index (χ1v) is 8.30. The minimum Gasteiger partial charge on any atom is -0.493 e. The summed E-state index contributed by atoms with van der Waals surface area (Å²) in [6.07, 6.45) is 0.936. The number of hydrogen-bond acceptors (Lipinski definition) is 2. The van der Waals surface area contributed by atoms with Gasteiger partial charge < -0.3 is 9.47 Å². The molecule has 0 radical (unpaired) electrons. The van der Waals surface area contributed by atoms with Gasteiger partial charge in [0.25, 0.3) is 0 Å². The van der Waals surface area contributed by atoms with Crippen molar-refractivity contribution in [2.45, 2.75) is 18.9 Å². The summed E-state index contributed by atoms with van der Waals surface area (Å²) in [6, 6.07) is 9.66. The Morgan fingerprint density at radius 2 is 2.14 bits per heavy atom. The summed E-state index contributed by atoms with van der Waals surface area (Å²) in [7, 11) is 0. The van der Waals surface area contributed by atoms with Crippen molar-refractivity contribution >= 4 is 39.1 Å². The van der Waals surface area contributed by atoms with E-state index in [1.807, 2.05) is 24.3 Å². The van der Waals surface area contributed by atoms with Crippen molar-refractivity contribution in [3.05, 3.63) is 56.5 Å². The zero-order valence-electron chi connectivity index (χ0n) is 11.2. The second-order valence-corrected chi connectivity index (χ2v) is 6.38. The van der Waals surface area contributed by atoms with E-state index in [-0.39, 0.29) is 0 Å². The predicted molar refractivity (Wildman–Crippen MR) is 88.7 cm³/mol. The number of rotatable bonds is 4. The fourth-order valence-electron chi connectivity index (χ4n) is 2.41. The first kappa shape index (κ1) is 15.0. The van der Waals surface area contributed by atoms with Crippen LogP contribution in [0.1, 0.15) is 16.7 Å². The normalized spacial score (nSPS) is 12.9. The highest BCUT2D eigenvalue weighted by Gasteiger charge is 2.18. The van der Waals surface area contributed by atoms with Crippen LogP contribution in [0.15, 0.2) is 34.8 Å². The van der Waals surface area contributed by atoms with E-state index in [1.54, 1.807) is 0 Å². The van der Waals surface area contributed by atoms with Crippen LogP contribution in [0.2, 0.25) is 5.02 Å². The van der Waals surface area contributed by atoms with E-state index in [1.165, 1.54) is 5.56 Å². The predicted octanol–water partition coefficient (Wildman–Crippen LogP) is 5.36. The Morgan fingerprint density at radius 3 is 2.95 bits per heavy atom. The Morgan fingerprint density at radius 1 is 1.29 bits per heavy atom. The highest BCUT2D eigenvalue weighted by atomic mass is 79.9. The van der Waals surface area contributed by atoms with Gasteiger partial charge in [-0.3, -0.25) is 0 Å². The molecule has 0 unspecified atom stereocenters. The molecule has 0 aliphatic carbocycles. The maximum atomic E-state index is 6.13. The van der Waals surface area contributed by atoms with Crippen molar-refractivity contribution in [2.75, 3.05) is 6.61 Å². The van der Waals surface area contributed by atoms with Gasteiger partial charge in [-0.1, -0.05) is 33.6 Å². The molecule has 1 heterocycles. The van der Waals surface area contributed by atoms with Gasteiger partial charge in [-0.15, -0.1) is 11.6 Å². The Balaban J connectivity index is 1.85. The Labute approximate surface area is 142 Å². The van der Waals surface area contributed by atoms with Gasteiger partial charge in [-0.05, 0) is 29.8 Å². The monoisotopic (exact) mass is 386 g/mol. The third kappa shape index (κ3) is 3.15. The van der Waals surface area contributed by atoms with Gasteiger partial charge >= 0.3 is 0 Å². The Kier molecular flexibility index (Phi) is 4.63. The van der Waals surface area contributed by atoms with Gasteiger partial charge in [0.15, 0.2) is 0 Å². The van der Waals surface area contributed by atoms with Crippen molar-refractivity contribution < 1.29 is 9.47 Å². The summed E-state index contributed by atoms with van der Waals surface area (Å²) in [5.74, 6) is 1.97. The van der Waals surface area contributed by atoms with Crippen LogP contribution in [0, 0.1) is 0 Å². The van der Waals surface area contributed by atoms with E-state index in [0.717, 1.165) is 34.4 Å². The fourth-order valence-corrected chi connectivity index (χ4v) is 3.54. The highest BCUT2D eigenvalue weighted by molar-refractivity contribution is 9.10. The van der Waals surface area contributed by atoms with Crippen molar-refractivity contribution in [2.24, 2.45) is 0 Å². The van der Waals surface area contributed by atoms with Crippen LogP contribution in [0.4, 0.5) is 0 Å². The molecule has 5 heteroatoms. The molecule has 0 saturated heterocycles. The molecule has 0 atom stereocenters. The second-order valence-electron chi connectivity index (χ2n) is 4.79. The van der Waals surface area contributed by atoms with Crippen LogP contribution in [0.25, 0.3) is 0 Å². The van der Waals surface area contributed by atoms with E-state index in [2.05, 4.69) is 22.0 Å². The van der Waals surface area contributed by atoms with Crippen molar-refractivity contribution in [1.82, 2.24) is 0 Å². The van der Waals surface area contributed by atoms with E-state index >= 15 is 0 Å². The molecule has 2 nitrogen and oxygen atoms in total. The van der Waals surface area contributed by atoms with E-state index in [4.69, 9.17) is 32.7 Å². The third-order valence-corrected chi connectivity index (χ3v) is 4.50. The lowest BCUT2D eigenvalue weighted by molar-refractivity contribution is 0.290. The SMILES string of the molecule is ClCc1c(Cl)cccc1OCc1cc(Br)cc2c1OCC2. The quantitative estimate of drug-likeness (QED) is 0.658. The largest absolute Gasteiger partial charge is 0.493 e. The summed E-state index contributed by atoms with van der Waals surface area (Å²) >= 11 is 15.6. The second kappa shape index (κ2) is 6.47. The topological polar surface area (TPSA) is 18.5 Å². The molecule has 3 rings (SSSR count). The number of benzene rings is 2. The van der Waals surface area contributed by atoms with Crippen LogP contribution in [-0.2, 0) is 18.9 Å². The zero-order chi connectivity index (χ0) is 14.8. The summed E-state index contributed by atoms with van der Waals surface area (Å²) in [5, 5.41) is 0.623. The van der Waals surface area contributed by atoms with Gasteiger partial charge in [-0.2, -0.15) is 0 Å². The zero-order valence-corrected chi connectivity index (χ0v) is 14.3. The molecule has 1 aliphatic heterocycles. The fraction of sp³-hybridized carbons (Fsp3) is 0.250. The molecule has 0 spiro atoms. The minimum absolute atomic E-state index is 0.322. The highest BCUT2D eigenvalue weighted by Crippen LogP contribution is 2.35. The van der Waals surface area contributed by atoms with E-state index in [0.29, 0.717) is 23.3 Å². The molecular weight excluding hydrogens is 375 g/mol. The molecule has 2 aromatic rings. The average molecular weight is 388 g/mol. The molecular formula is C16H13BrCl2O2. The van der Waals surface area contributed by atoms with Gasteiger partial charge in [0.1, 0.15) is 18.1 Å². The van der Waals surface area contributed by atoms with Gasteiger partial charge in [0, 0.05) is 27.0 Å². The third-order valence-electron chi connectivity index (χ3n) is 3.42. The maximum Gasteiger partial charge on any atom is 0.129 e. The molecule has 110 valence electrons. The number of fused-ring (bicyclic) bond motifs is 1. The summed E-state index contributed by atoms with van der Waals surface area (Å²) < 4.78 is 12.6. The van der Waals surface area contributed by atoms with Crippen LogP contribution >= 0.6 is 39.1 Å². The number of hydrogen-bond donors (Lipinski definition) is 0. The number of alkyl halides is 1. The molecule has 0 fully saturated rings. The lowest BCUT2D eigenvalue weighted by Gasteiger charge is -2.13. The van der Waals surface area contributed by atoms with Crippen LogP contribution < -0.4 is 9.47 Å². The molecule has 0 N–H and O–H groups in total. The van der Waals surface area contributed by atoms with Crippen LogP contribution in [-0.4, -0.2) is 6.61 Å². The smallest absolute Gasteiger partial charge is 0.129 e. The van der Waals surface area contributed by atoms with E-state index in [9.17, 15) is 0 Å². The van der Waals surface area contributed by atoms with Crippen molar-refractivity contribution in [3.63, 3.8) is 0 Å². The molecule has 0 amide bonds. The molecule has 0 aromatic heterocycles. The van der Waals surface area contributed by atoms with Crippen LogP contribution in [0.3, 0.4) is 0 Å². The average Bonchev–Trinajstić information content (AvgIpc) is 2.93. The minimum atomic E-state index is 0.322. The molecule has 2 aromatic carbocycles. The molecule has 21 heavy (non-hydrogen) atoms. The number of ether oxygens (including phenoxy) is 2. The Bertz CT molecular complexity index is 674. The summed E-state index contributed by atoms with van der Waals surface area (Å²) in [6.45, 7) is 1.15. The summed E-state index contributed by atoms with van der Waals surface area (Å²) in [5.41, 5.74) is 3.05. The summed E-state index contributed by atoms with van der Waals surface area (Å²) in [4.78, 5) is 0.